The maximum absolute atomic E-state index is 12.2. The summed E-state index contributed by atoms with van der Waals surface area (Å²) in [6.45, 7) is 2.31. The molecule has 1 amide bonds. The van der Waals surface area contributed by atoms with Crippen LogP contribution in [0.3, 0.4) is 0 Å². The van der Waals surface area contributed by atoms with E-state index < -0.39 is 0 Å². The van der Waals surface area contributed by atoms with Gasteiger partial charge in [0.15, 0.2) is 21.9 Å². The number of nitrogens with zero attached hydrogens (tertiary/aromatic N) is 1. The van der Waals surface area contributed by atoms with E-state index >= 15 is 0 Å². The summed E-state index contributed by atoms with van der Waals surface area (Å²) in [6.07, 6.45) is 3.45. The molecule has 3 rings (SSSR count). The zero-order valence-corrected chi connectivity index (χ0v) is 16.5. The van der Waals surface area contributed by atoms with Crippen LogP contribution in [-0.4, -0.2) is 18.0 Å². The quantitative estimate of drug-likeness (QED) is 0.596. The van der Waals surface area contributed by atoms with E-state index in [2.05, 4.69) is 26.2 Å². The lowest BCUT2D eigenvalue weighted by Crippen LogP contribution is -2.26. The molecule has 2 heterocycles. The van der Waals surface area contributed by atoms with Gasteiger partial charge in [0.05, 0.1) is 13.2 Å². The number of methoxy groups -OCH3 is 1. The molecule has 7 heteroatoms. The summed E-state index contributed by atoms with van der Waals surface area (Å²) in [4.78, 5) is 16.2. The number of carbonyl (C=O) groups excluding carboxylic acids is 1. The first-order valence-electron chi connectivity index (χ1n) is 8.32. The zero-order valence-electron chi connectivity index (χ0n) is 14.9. The molecule has 0 aliphatic rings. The molecule has 27 heavy (non-hydrogen) atoms. The Bertz CT molecular complexity index is 911. The minimum Gasteiger partial charge on any atom is -0.493 e. The third-order valence-electron chi connectivity index (χ3n) is 3.98. The number of halogens is 1. The van der Waals surface area contributed by atoms with E-state index in [0.717, 1.165) is 11.1 Å². The van der Waals surface area contributed by atoms with Crippen molar-refractivity contribution in [2.75, 3.05) is 7.11 Å². The molecule has 1 unspecified atom stereocenters. The monoisotopic (exact) mass is 430 g/mol. The van der Waals surface area contributed by atoms with Gasteiger partial charge < -0.3 is 19.2 Å². The number of amides is 1. The van der Waals surface area contributed by atoms with Gasteiger partial charge in [-0.2, -0.15) is 0 Å². The SMILES string of the molecule is COc1cc(C(C)NC(=O)c2ccc(Br)o2)ccc1OCc1ccncc1. The van der Waals surface area contributed by atoms with Crippen molar-refractivity contribution in [2.45, 2.75) is 19.6 Å². The molecule has 2 aromatic heterocycles. The Morgan fingerprint density at radius 1 is 1.19 bits per heavy atom. The standard InChI is InChI=1S/C20H19BrN2O4/c1-13(23-20(24)17-5-6-19(21)27-17)15-3-4-16(18(11-15)25-2)26-12-14-7-9-22-10-8-14/h3-11,13H,12H2,1-2H3,(H,23,24). The molecule has 3 aromatic rings. The minimum absolute atomic E-state index is 0.232. The fourth-order valence-corrected chi connectivity index (χ4v) is 2.81. The van der Waals surface area contributed by atoms with Gasteiger partial charge in [-0.1, -0.05) is 6.07 Å². The Kier molecular flexibility index (Phi) is 6.13. The lowest BCUT2D eigenvalue weighted by atomic mass is 10.1. The highest BCUT2D eigenvalue weighted by molar-refractivity contribution is 9.10. The number of nitrogens with one attached hydrogen (secondary N) is 1. The number of aromatic nitrogens is 1. The molecule has 0 spiro atoms. The molecule has 0 saturated carbocycles. The van der Waals surface area contributed by atoms with Crippen LogP contribution in [0.5, 0.6) is 11.5 Å². The third kappa shape index (κ3) is 4.89. The van der Waals surface area contributed by atoms with Gasteiger partial charge in [-0.3, -0.25) is 9.78 Å². The van der Waals surface area contributed by atoms with Crippen LogP contribution in [0, 0.1) is 0 Å². The van der Waals surface area contributed by atoms with Crippen molar-refractivity contribution in [1.82, 2.24) is 10.3 Å². The van der Waals surface area contributed by atoms with E-state index in [9.17, 15) is 4.79 Å². The molecule has 0 aliphatic carbocycles. The fraction of sp³-hybridized carbons (Fsp3) is 0.200. The van der Waals surface area contributed by atoms with Crippen molar-refractivity contribution in [2.24, 2.45) is 0 Å². The van der Waals surface area contributed by atoms with Crippen LogP contribution in [0.1, 0.15) is 34.6 Å². The summed E-state index contributed by atoms with van der Waals surface area (Å²) in [7, 11) is 1.59. The summed E-state index contributed by atoms with van der Waals surface area (Å²) < 4.78 is 17.1. The highest BCUT2D eigenvalue weighted by Crippen LogP contribution is 2.31. The first-order valence-corrected chi connectivity index (χ1v) is 9.12. The first kappa shape index (κ1) is 19.0. The number of hydrogen-bond donors (Lipinski definition) is 1. The number of rotatable bonds is 7. The number of ether oxygens (including phenoxy) is 2. The average molecular weight is 431 g/mol. The number of benzene rings is 1. The molecule has 1 N–H and O–H groups in total. The maximum atomic E-state index is 12.2. The van der Waals surface area contributed by atoms with Gasteiger partial charge in [-0.05, 0) is 70.4 Å². The van der Waals surface area contributed by atoms with Crippen LogP contribution in [0.15, 0.2) is 63.9 Å². The van der Waals surface area contributed by atoms with Crippen LogP contribution in [0.25, 0.3) is 0 Å². The Morgan fingerprint density at radius 3 is 2.63 bits per heavy atom. The number of carbonyl (C=O) groups is 1. The normalized spacial score (nSPS) is 11.7. The second-order valence-electron chi connectivity index (χ2n) is 5.85. The Hall–Kier alpha value is -2.80. The first-order chi connectivity index (χ1) is 13.1. The molecule has 0 radical (unpaired) electrons. The molecule has 0 saturated heterocycles. The van der Waals surface area contributed by atoms with Gasteiger partial charge in [0.2, 0.25) is 0 Å². The van der Waals surface area contributed by atoms with Gasteiger partial charge in [0.1, 0.15) is 6.61 Å². The van der Waals surface area contributed by atoms with Crippen LogP contribution in [0.2, 0.25) is 0 Å². The molecule has 0 fully saturated rings. The molecule has 140 valence electrons. The molecule has 1 atom stereocenters. The zero-order chi connectivity index (χ0) is 19.2. The topological polar surface area (TPSA) is 73.6 Å². The van der Waals surface area contributed by atoms with Crippen molar-refractivity contribution < 1.29 is 18.7 Å². The van der Waals surface area contributed by atoms with E-state index in [0.29, 0.717) is 22.8 Å². The van der Waals surface area contributed by atoms with E-state index in [-0.39, 0.29) is 17.7 Å². The third-order valence-corrected chi connectivity index (χ3v) is 4.40. The number of furan rings is 1. The van der Waals surface area contributed by atoms with Gasteiger partial charge in [-0.25, -0.2) is 0 Å². The van der Waals surface area contributed by atoms with Crippen molar-refractivity contribution in [3.05, 3.63) is 76.4 Å². The molecular weight excluding hydrogens is 412 g/mol. The predicted molar refractivity (Wildman–Crippen MR) is 104 cm³/mol. The number of pyridine rings is 1. The van der Waals surface area contributed by atoms with Crippen molar-refractivity contribution in [1.29, 1.82) is 0 Å². The van der Waals surface area contributed by atoms with Crippen molar-refractivity contribution in [3.8, 4) is 11.5 Å². The maximum Gasteiger partial charge on any atom is 0.287 e. The average Bonchev–Trinajstić information content (AvgIpc) is 3.13. The number of hydrogen-bond acceptors (Lipinski definition) is 5. The van der Waals surface area contributed by atoms with E-state index in [1.54, 1.807) is 31.6 Å². The smallest absolute Gasteiger partial charge is 0.287 e. The van der Waals surface area contributed by atoms with Gasteiger partial charge in [0, 0.05) is 12.4 Å². The Morgan fingerprint density at radius 2 is 1.96 bits per heavy atom. The Labute approximate surface area is 165 Å². The summed E-state index contributed by atoms with van der Waals surface area (Å²) in [5.41, 5.74) is 1.91. The summed E-state index contributed by atoms with van der Waals surface area (Å²) in [5, 5.41) is 2.90. The fourth-order valence-electron chi connectivity index (χ4n) is 2.50. The lowest BCUT2D eigenvalue weighted by molar-refractivity contribution is 0.0910. The predicted octanol–water partition coefficient (Wildman–Crippen LogP) is 4.52. The van der Waals surface area contributed by atoms with Crippen LogP contribution in [-0.2, 0) is 6.61 Å². The molecule has 0 aliphatic heterocycles. The molecule has 0 bridgehead atoms. The van der Waals surface area contributed by atoms with E-state index in [4.69, 9.17) is 13.9 Å². The summed E-state index contributed by atoms with van der Waals surface area (Å²) >= 11 is 3.19. The lowest BCUT2D eigenvalue weighted by Gasteiger charge is -2.17. The largest absolute Gasteiger partial charge is 0.493 e. The van der Waals surface area contributed by atoms with E-state index in [1.165, 1.54) is 0 Å². The van der Waals surface area contributed by atoms with Crippen LogP contribution < -0.4 is 14.8 Å². The summed E-state index contributed by atoms with van der Waals surface area (Å²) in [5.74, 6) is 1.19. The molecular formula is C20H19BrN2O4. The summed E-state index contributed by atoms with van der Waals surface area (Å²) in [6, 6.07) is 12.4. The van der Waals surface area contributed by atoms with Crippen LogP contribution in [0.4, 0.5) is 0 Å². The van der Waals surface area contributed by atoms with Crippen LogP contribution >= 0.6 is 15.9 Å². The second kappa shape index (κ2) is 8.73. The van der Waals surface area contributed by atoms with Gasteiger partial charge in [-0.15, -0.1) is 0 Å². The molecule has 1 aromatic carbocycles. The highest BCUT2D eigenvalue weighted by atomic mass is 79.9. The van der Waals surface area contributed by atoms with Gasteiger partial charge >= 0.3 is 0 Å². The van der Waals surface area contributed by atoms with Gasteiger partial charge in [0.25, 0.3) is 5.91 Å². The van der Waals surface area contributed by atoms with E-state index in [1.807, 2.05) is 37.3 Å². The Balaban J connectivity index is 1.68. The highest BCUT2D eigenvalue weighted by Gasteiger charge is 2.16. The van der Waals surface area contributed by atoms with Crippen molar-refractivity contribution >= 4 is 21.8 Å². The van der Waals surface area contributed by atoms with Crippen molar-refractivity contribution in [3.63, 3.8) is 0 Å². The second-order valence-corrected chi connectivity index (χ2v) is 6.63. The molecule has 6 nitrogen and oxygen atoms in total. The minimum atomic E-state index is -0.287.